The lowest BCUT2D eigenvalue weighted by atomic mass is 10.1. The fourth-order valence-corrected chi connectivity index (χ4v) is 4.31. The summed E-state index contributed by atoms with van der Waals surface area (Å²) in [6.45, 7) is 8.48. The number of anilines is 2. The number of aryl methyl sites for hydroxylation is 1. The maximum atomic E-state index is 11.7. The van der Waals surface area contributed by atoms with Crippen LogP contribution < -0.4 is 14.5 Å². The van der Waals surface area contributed by atoms with Crippen LogP contribution in [-0.2, 0) is 9.53 Å². The number of aliphatic hydroxyl groups is 1. The number of unbranched alkanes of at least 4 members (excludes halogenated alkanes) is 1. The van der Waals surface area contributed by atoms with Gasteiger partial charge in [0.15, 0.2) is 0 Å². The van der Waals surface area contributed by atoms with Crippen molar-refractivity contribution in [2.75, 3.05) is 70.1 Å². The summed E-state index contributed by atoms with van der Waals surface area (Å²) >= 11 is 12.5. The minimum absolute atomic E-state index is 0.203. The Morgan fingerprint density at radius 3 is 2.40 bits per heavy atom. The highest BCUT2D eigenvalue weighted by atomic mass is 35.5. The first-order valence-corrected chi connectivity index (χ1v) is 12.5. The van der Waals surface area contributed by atoms with Crippen molar-refractivity contribution < 1.29 is 19.4 Å². The third kappa shape index (κ3) is 8.85. The maximum absolute atomic E-state index is 11.7. The number of piperazine rings is 1. The highest BCUT2D eigenvalue weighted by Gasteiger charge is 2.19. The Morgan fingerprint density at radius 2 is 1.77 bits per heavy atom. The molecule has 1 N–H and O–H groups in total. The first-order valence-electron chi connectivity index (χ1n) is 11.8. The molecular formula is C26H37Cl2N3O4. The van der Waals surface area contributed by atoms with Gasteiger partial charge in [-0.1, -0.05) is 35.3 Å². The van der Waals surface area contributed by atoms with Gasteiger partial charge in [-0.3, -0.25) is 14.6 Å². The molecule has 1 fully saturated rings. The van der Waals surface area contributed by atoms with Crippen LogP contribution in [0.1, 0.15) is 25.3 Å². The predicted molar refractivity (Wildman–Crippen MR) is 144 cm³/mol. The first kappa shape index (κ1) is 29.2. The van der Waals surface area contributed by atoms with Gasteiger partial charge in [-0.2, -0.15) is 0 Å². The summed E-state index contributed by atoms with van der Waals surface area (Å²) in [6.07, 6.45) is 1.99. The van der Waals surface area contributed by atoms with Gasteiger partial charge in [0.25, 0.3) is 0 Å². The van der Waals surface area contributed by atoms with Crippen LogP contribution in [0, 0.1) is 6.92 Å². The lowest BCUT2D eigenvalue weighted by Crippen LogP contribution is -2.46. The number of nitrogens with zero attached hydrogens (tertiary/aromatic N) is 3. The summed E-state index contributed by atoms with van der Waals surface area (Å²) in [5.41, 5.74) is 2.60. The van der Waals surface area contributed by atoms with Crippen LogP contribution in [0.4, 0.5) is 11.4 Å². The summed E-state index contributed by atoms with van der Waals surface area (Å²) in [7, 11) is 3.25. The fraction of sp³-hybridized carbons (Fsp3) is 0.500. The number of amides is 1. The molecule has 0 aliphatic carbocycles. The molecule has 2 aromatic carbocycles. The number of carbonyl (C=O) groups is 1. The van der Waals surface area contributed by atoms with Crippen LogP contribution in [0.2, 0.25) is 10.0 Å². The number of benzene rings is 2. The molecule has 1 saturated heterocycles. The summed E-state index contributed by atoms with van der Waals surface area (Å²) in [5.74, 6) is 0.503. The Kier molecular flexibility index (Phi) is 12.7. The minimum Gasteiger partial charge on any atom is -0.494 e. The van der Waals surface area contributed by atoms with Crippen LogP contribution in [0.15, 0.2) is 36.4 Å². The van der Waals surface area contributed by atoms with Crippen molar-refractivity contribution in [1.29, 1.82) is 0 Å². The summed E-state index contributed by atoms with van der Waals surface area (Å²) in [5, 5.41) is 10.7. The number of aliphatic hydroxyl groups excluding tert-OH is 1. The lowest BCUT2D eigenvalue weighted by Gasteiger charge is -2.36. The zero-order valence-electron chi connectivity index (χ0n) is 21.1. The second kappa shape index (κ2) is 15.2. The van der Waals surface area contributed by atoms with E-state index in [0.29, 0.717) is 28.1 Å². The topological polar surface area (TPSA) is 65.5 Å². The summed E-state index contributed by atoms with van der Waals surface area (Å²) in [6, 6.07) is 11.4. The number of rotatable bonds is 9. The van der Waals surface area contributed by atoms with E-state index in [2.05, 4.69) is 14.5 Å². The highest BCUT2D eigenvalue weighted by Crippen LogP contribution is 2.33. The number of hydrogen-bond donors (Lipinski definition) is 1. The number of halogens is 2. The van der Waals surface area contributed by atoms with Crippen LogP contribution in [-0.4, -0.2) is 76.2 Å². The molecule has 3 rings (SSSR count). The molecule has 0 radical (unpaired) electrons. The molecule has 0 bridgehead atoms. The number of hydrogen-bond acceptors (Lipinski definition) is 6. The van der Waals surface area contributed by atoms with E-state index in [1.165, 1.54) is 11.8 Å². The van der Waals surface area contributed by atoms with Gasteiger partial charge >= 0.3 is 0 Å². The van der Waals surface area contributed by atoms with Gasteiger partial charge in [0.1, 0.15) is 12.5 Å². The molecule has 1 aliphatic heterocycles. The van der Waals surface area contributed by atoms with Crippen molar-refractivity contribution in [2.24, 2.45) is 0 Å². The Hall–Kier alpha value is -2.03. The van der Waals surface area contributed by atoms with Gasteiger partial charge in [-0.05, 0) is 50.1 Å². The van der Waals surface area contributed by atoms with E-state index in [4.69, 9.17) is 27.9 Å². The Balaban J connectivity index is 0.00000137. The van der Waals surface area contributed by atoms with Gasteiger partial charge in [-0.25, -0.2) is 0 Å². The number of methoxy groups -OCH3 is 1. The van der Waals surface area contributed by atoms with E-state index >= 15 is 0 Å². The molecule has 2 aromatic rings. The monoisotopic (exact) mass is 525 g/mol. The van der Waals surface area contributed by atoms with Crippen molar-refractivity contribution >= 4 is 40.5 Å². The van der Waals surface area contributed by atoms with Crippen LogP contribution in [0.25, 0.3) is 0 Å². The highest BCUT2D eigenvalue weighted by molar-refractivity contribution is 6.43. The van der Waals surface area contributed by atoms with Gasteiger partial charge in [0, 0.05) is 53.4 Å². The normalized spacial score (nSPS) is 13.7. The van der Waals surface area contributed by atoms with Crippen LogP contribution in [0.3, 0.4) is 0 Å². The van der Waals surface area contributed by atoms with E-state index in [0.717, 1.165) is 56.8 Å². The molecule has 0 atom stereocenters. The molecule has 194 valence electrons. The second-order valence-corrected chi connectivity index (χ2v) is 9.19. The van der Waals surface area contributed by atoms with Crippen molar-refractivity contribution in [3.8, 4) is 5.75 Å². The van der Waals surface area contributed by atoms with Crippen molar-refractivity contribution in [3.63, 3.8) is 0 Å². The van der Waals surface area contributed by atoms with E-state index in [-0.39, 0.29) is 12.6 Å². The quantitative estimate of drug-likeness (QED) is 0.373. The molecule has 35 heavy (non-hydrogen) atoms. The first-order chi connectivity index (χ1) is 16.8. The zero-order valence-corrected chi connectivity index (χ0v) is 22.6. The van der Waals surface area contributed by atoms with Gasteiger partial charge < -0.3 is 19.5 Å². The molecule has 1 heterocycles. The van der Waals surface area contributed by atoms with Crippen molar-refractivity contribution in [3.05, 3.63) is 52.0 Å². The van der Waals surface area contributed by atoms with Gasteiger partial charge in [-0.15, -0.1) is 0 Å². The molecule has 9 heteroatoms. The molecular weight excluding hydrogens is 489 g/mol. The molecule has 7 nitrogen and oxygen atoms in total. The van der Waals surface area contributed by atoms with E-state index in [9.17, 15) is 9.90 Å². The number of carbonyl (C=O) groups excluding carboxylic acids is 1. The van der Waals surface area contributed by atoms with Gasteiger partial charge in [0.2, 0.25) is 5.91 Å². The smallest absolute Gasteiger partial charge is 0.225 e. The van der Waals surface area contributed by atoms with Crippen LogP contribution in [0.5, 0.6) is 5.75 Å². The second-order valence-electron chi connectivity index (χ2n) is 8.40. The predicted octanol–water partition coefficient (Wildman–Crippen LogP) is 4.85. The Labute approximate surface area is 219 Å². The van der Waals surface area contributed by atoms with Gasteiger partial charge in [0.05, 0.1) is 28.0 Å². The largest absolute Gasteiger partial charge is 0.494 e. The van der Waals surface area contributed by atoms with E-state index in [1.807, 2.05) is 43.3 Å². The third-order valence-corrected chi connectivity index (χ3v) is 6.58. The molecule has 1 aliphatic rings. The standard InChI is InChI=1S/C24H31Cl2N3O3.C2H6O/c1-18-8-9-20(16-23(18)29(17-30)19(2)31)32-15-4-3-10-27-11-13-28(14-12-27)22-7-5-6-21(25)24(22)26;1-3-2/h5-9,16,30H,3-4,10-15,17H2,1-2H3;1-2H3. The van der Waals surface area contributed by atoms with Crippen molar-refractivity contribution in [2.45, 2.75) is 26.7 Å². The SMILES string of the molecule is CC(=O)N(CO)c1cc(OCCCCN2CCN(c3cccc(Cl)c3Cl)CC2)ccc1C.COC. The summed E-state index contributed by atoms with van der Waals surface area (Å²) in [4.78, 5) is 17.8. The lowest BCUT2D eigenvalue weighted by molar-refractivity contribution is -0.117. The molecule has 0 unspecified atom stereocenters. The molecule has 0 saturated carbocycles. The molecule has 1 amide bonds. The van der Waals surface area contributed by atoms with E-state index < -0.39 is 0 Å². The van der Waals surface area contributed by atoms with Crippen LogP contribution >= 0.6 is 23.2 Å². The molecule has 0 spiro atoms. The van der Waals surface area contributed by atoms with E-state index in [1.54, 1.807) is 14.2 Å². The summed E-state index contributed by atoms with van der Waals surface area (Å²) < 4.78 is 10.1. The number of ether oxygens (including phenoxy) is 2. The fourth-order valence-electron chi connectivity index (χ4n) is 3.89. The average molecular weight is 527 g/mol. The zero-order chi connectivity index (χ0) is 25.8. The Bertz CT molecular complexity index is 937. The molecule has 0 aromatic heterocycles. The van der Waals surface area contributed by atoms with Crippen molar-refractivity contribution in [1.82, 2.24) is 4.90 Å². The third-order valence-electron chi connectivity index (χ3n) is 5.77. The maximum Gasteiger partial charge on any atom is 0.225 e. The Morgan fingerprint density at radius 1 is 1.09 bits per heavy atom. The average Bonchev–Trinajstić information content (AvgIpc) is 2.83. The minimum atomic E-state index is -0.351.